The fourth-order valence-corrected chi connectivity index (χ4v) is 3.11. The van der Waals surface area contributed by atoms with Crippen molar-refractivity contribution in [3.05, 3.63) is 65.3 Å². The molecule has 0 fully saturated rings. The Morgan fingerprint density at radius 3 is 2.70 bits per heavy atom. The standard InChI is InChI=1S/C20H17FN2O3S/c1-25-17-8-7-14(11-18(17)26-2)16-12-27-20(22-16)23-19(24)9-6-13-4-3-5-15(21)10-13/h3-12H,1-2H3,(H,22,23,24). The Balaban J connectivity index is 1.70. The van der Waals surface area contributed by atoms with Crippen LogP contribution < -0.4 is 14.8 Å². The van der Waals surface area contributed by atoms with Crippen molar-refractivity contribution in [1.82, 2.24) is 4.98 Å². The van der Waals surface area contributed by atoms with Gasteiger partial charge in [0.15, 0.2) is 16.6 Å². The first-order valence-corrected chi connectivity index (χ1v) is 8.89. The number of aromatic nitrogens is 1. The number of hydrogen-bond donors (Lipinski definition) is 1. The molecule has 0 aliphatic carbocycles. The molecule has 0 aliphatic heterocycles. The third-order valence-electron chi connectivity index (χ3n) is 3.69. The predicted molar refractivity (Wildman–Crippen MR) is 105 cm³/mol. The number of ether oxygens (including phenoxy) is 2. The van der Waals surface area contributed by atoms with Gasteiger partial charge in [-0.3, -0.25) is 10.1 Å². The summed E-state index contributed by atoms with van der Waals surface area (Å²) in [7, 11) is 3.14. The van der Waals surface area contributed by atoms with Gasteiger partial charge < -0.3 is 9.47 Å². The SMILES string of the molecule is COc1ccc(-c2csc(NC(=O)C=Cc3cccc(F)c3)n2)cc1OC. The van der Waals surface area contributed by atoms with Crippen LogP contribution in [0.3, 0.4) is 0 Å². The van der Waals surface area contributed by atoms with E-state index in [1.165, 1.54) is 29.5 Å². The lowest BCUT2D eigenvalue weighted by Crippen LogP contribution is -2.07. The maximum atomic E-state index is 13.1. The van der Waals surface area contributed by atoms with Crippen LogP contribution in [0.2, 0.25) is 0 Å². The lowest BCUT2D eigenvalue weighted by molar-refractivity contribution is -0.111. The first-order chi connectivity index (χ1) is 13.1. The van der Waals surface area contributed by atoms with Crippen molar-refractivity contribution >= 4 is 28.5 Å². The number of benzene rings is 2. The second-order valence-corrected chi connectivity index (χ2v) is 6.34. The number of halogens is 1. The fraction of sp³-hybridized carbons (Fsp3) is 0.100. The van der Waals surface area contributed by atoms with E-state index in [0.717, 1.165) is 5.56 Å². The summed E-state index contributed by atoms with van der Waals surface area (Å²) in [6, 6.07) is 11.5. The smallest absolute Gasteiger partial charge is 0.250 e. The van der Waals surface area contributed by atoms with Gasteiger partial charge in [0.2, 0.25) is 5.91 Å². The number of thiazole rings is 1. The van der Waals surface area contributed by atoms with Gasteiger partial charge >= 0.3 is 0 Å². The van der Waals surface area contributed by atoms with Crippen LogP contribution in [0.15, 0.2) is 53.9 Å². The van der Waals surface area contributed by atoms with Gasteiger partial charge in [-0.05, 0) is 42.0 Å². The highest BCUT2D eigenvalue weighted by atomic mass is 32.1. The normalized spacial score (nSPS) is 10.8. The molecule has 0 bridgehead atoms. The Labute approximate surface area is 160 Å². The molecular formula is C20H17FN2O3S. The minimum atomic E-state index is -0.350. The third kappa shape index (κ3) is 4.71. The number of methoxy groups -OCH3 is 2. The molecule has 27 heavy (non-hydrogen) atoms. The van der Waals surface area contributed by atoms with Crippen LogP contribution >= 0.6 is 11.3 Å². The Kier molecular flexibility index (Phi) is 5.83. The van der Waals surface area contributed by atoms with Gasteiger partial charge in [-0.15, -0.1) is 11.3 Å². The minimum absolute atomic E-state index is 0.340. The molecule has 2 aromatic carbocycles. The molecule has 3 aromatic rings. The molecule has 5 nitrogen and oxygen atoms in total. The first-order valence-electron chi connectivity index (χ1n) is 8.01. The van der Waals surface area contributed by atoms with Crippen molar-refractivity contribution in [2.75, 3.05) is 19.5 Å². The molecule has 0 saturated heterocycles. The van der Waals surface area contributed by atoms with Gasteiger partial charge in [0.05, 0.1) is 19.9 Å². The van der Waals surface area contributed by atoms with Crippen LogP contribution in [0.1, 0.15) is 5.56 Å². The summed E-state index contributed by atoms with van der Waals surface area (Å²) in [5.74, 6) is 0.545. The molecular weight excluding hydrogens is 367 g/mol. The maximum absolute atomic E-state index is 13.1. The number of amides is 1. The largest absolute Gasteiger partial charge is 0.493 e. The molecule has 0 saturated carbocycles. The molecule has 0 spiro atoms. The molecule has 1 N–H and O–H groups in total. The maximum Gasteiger partial charge on any atom is 0.250 e. The van der Waals surface area contributed by atoms with Gasteiger partial charge in [0.1, 0.15) is 5.82 Å². The number of carbonyl (C=O) groups is 1. The van der Waals surface area contributed by atoms with E-state index >= 15 is 0 Å². The van der Waals surface area contributed by atoms with E-state index in [1.807, 2.05) is 17.5 Å². The van der Waals surface area contributed by atoms with Crippen molar-refractivity contribution in [3.63, 3.8) is 0 Å². The van der Waals surface area contributed by atoms with Gasteiger partial charge in [-0.25, -0.2) is 9.37 Å². The molecule has 0 unspecified atom stereocenters. The van der Waals surface area contributed by atoms with Crippen LogP contribution in [0, 0.1) is 5.82 Å². The second-order valence-electron chi connectivity index (χ2n) is 5.49. The molecule has 1 heterocycles. The Morgan fingerprint density at radius 1 is 1.15 bits per heavy atom. The minimum Gasteiger partial charge on any atom is -0.493 e. The highest BCUT2D eigenvalue weighted by Crippen LogP contribution is 2.33. The first kappa shape index (κ1) is 18.6. The number of rotatable bonds is 6. The van der Waals surface area contributed by atoms with Crippen molar-refractivity contribution in [1.29, 1.82) is 0 Å². The van der Waals surface area contributed by atoms with E-state index in [9.17, 15) is 9.18 Å². The molecule has 0 radical (unpaired) electrons. The van der Waals surface area contributed by atoms with Gasteiger partial charge in [0.25, 0.3) is 0 Å². The zero-order chi connectivity index (χ0) is 19.2. The van der Waals surface area contributed by atoms with E-state index in [-0.39, 0.29) is 11.7 Å². The monoisotopic (exact) mass is 384 g/mol. The number of carbonyl (C=O) groups excluding carboxylic acids is 1. The Bertz CT molecular complexity index is 985. The second kappa shape index (κ2) is 8.46. The van der Waals surface area contributed by atoms with Crippen molar-refractivity contribution in [2.45, 2.75) is 0 Å². The van der Waals surface area contributed by atoms with Crippen molar-refractivity contribution in [2.24, 2.45) is 0 Å². The average molecular weight is 384 g/mol. The van der Waals surface area contributed by atoms with Crippen LogP contribution in [0.25, 0.3) is 17.3 Å². The highest BCUT2D eigenvalue weighted by molar-refractivity contribution is 7.14. The lowest BCUT2D eigenvalue weighted by Gasteiger charge is -2.08. The molecule has 0 aliphatic rings. The van der Waals surface area contributed by atoms with Crippen molar-refractivity contribution < 1.29 is 18.7 Å². The van der Waals surface area contributed by atoms with Crippen LogP contribution in [-0.4, -0.2) is 25.1 Å². The van der Waals surface area contributed by atoms with E-state index in [2.05, 4.69) is 10.3 Å². The average Bonchev–Trinajstić information content (AvgIpc) is 3.14. The van der Waals surface area contributed by atoms with Crippen LogP contribution in [0.4, 0.5) is 9.52 Å². The number of anilines is 1. The summed E-state index contributed by atoms with van der Waals surface area (Å²) in [6.07, 6.45) is 2.88. The summed E-state index contributed by atoms with van der Waals surface area (Å²) in [4.78, 5) is 16.5. The lowest BCUT2D eigenvalue weighted by atomic mass is 10.1. The zero-order valence-corrected chi connectivity index (χ0v) is 15.5. The quantitative estimate of drug-likeness (QED) is 0.630. The van der Waals surface area contributed by atoms with Crippen LogP contribution in [-0.2, 0) is 4.79 Å². The molecule has 7 heteroatoms. The zero-order valence-electron chi connectivity index (χ0n) is 14.7. The summed E-state index contributed by atoms with van der Waals surface area (Å²) < 4.78 is 23.7. The van der Waals surface area contributed by atoms with Gasteiger partial charge in [-0.1, -0.05) is 12.1 Å². The molecule has 0 atom stereocenters. The topological polar surface area (TPSA) is 60.5 Å². The van der Waals surface area contributed by atoms with Crippen LogP contribution in [0.5, 0.6) is 11.5 Å². The summed E-state index contributed by atoms with van der Waals surface area (Å²) >= 11 is 1.31. The number of hydrogen-bond acceptors (Lipinski definition) is 5. The van der Waals surface area contributed by atoms with Gasteiger partial charge in [0, 0.05) is 17.0 Å². The van der Waals surface area contributed by atoms with E-state index in [0.29, 0.717) is 27.9 Å². The molecule has 1 amide bonds. The Morgan fingerprint density at radius 2 is 1.96 bits per heavy atom. The fourth-order valence-electron chi connectivity index (χ4n) is 2.39. The van der Waals surface area contributed by atoms with E-state index in [1.54, 1.807) is 38.5 Å². The third-order valence-corrected chi connectivity index (χ3v) is 4.45. The molecule has 3 rings (SSSR count). The highest BCUT2D eigenvalue weighted by Gasteiger charge is 2.10. The summed E-state index contributed by atoms with van der Waals surface area (Å²) in [6.45, 7) is 0. The van der Waals surface area contributed by atoms with Crippen molar-refractivity contribution in [3.8, 4) is 22.8 Å². The van der Waals surface area contributed by atoms with E-state index < -0.39 is 0 Å². The molecule has 1 aromatic heterocycles. The predicted octanol–water partition coefficient (Wildman–Crippen LogP) is 4.62. The summed E-state index contributed by atoms with van der Waals surface area (Å²) in [5, 5.41) is 5.01. The Hall–Kier alpha value is -3.19. The van der Waals surface area contributed by atoms with Gasteiger partial charge in [-0.2, -0.15) is 0 Å². The number of nitrogens with zero attached hydrogens (tertiary/aromatic N) is 1. The molecule has 138 valence electrons. The summed E-state index contributed by atoms with van der Waals surface area (Å²) in [5.41, 5.74) is 2.17. The van der Waals surface area contributed by atoms with E-state index in [4.69, 9.17) is 9.47 Å². The number of nitrogens with one attached hydrogen (secondary N) is 1.